The van der Waals surface area contributed by atoms with Crippen LogP contribution in [0.5, 0.6) is 0 Å². The average molecular weight is 331 g/mol. The van der Waals surface area contributed by atoms with Crippen LogP contribution in [0.3, 0.4) is 0 Å². The Labute approximate surface area is 116 Å². The monoisotopic (exact) mass is 330 g/mol. The number of nitrogens with one attached hydrogen (secondary N) is 1. The number of hydrogen-bond acceptors (Lipinski definition) is 3. The first kappa shape index (κ1) is 13.7. The minimum atomic E-state index is -3.44. The van der Waals surface area contributed by atoms with Gasteiger partial charge >= 0.3 is 0 Å². The first-order valence-corrected chi connectivity index (χ1v) is 8.14. The molecule has 0 aliphatic heterocycles. The van der Waals surface area contributed by atoms with E-state index in [1.807, 2.05) is 0 Å². The van der Waals surface area contributed by atoms with E-state index in [9.17, 15) is 8.42 Å². The van der Waals surface area contributed by atoms with E-state index in [4.69, 9.17) is 0 Å². The molecular weight excluding hydrogens is 316 g/mol. The number of nitrogens with zero attached hydrogens (tertiary/aromatic N) is 1. The largest absolute Gasteiger partial charge is 0.262 e. The summed E-state index contributed by atoms with van der Waals surface area (Å²) in [6.07, 6.45) is 9.31. The number of hydrogen-bond donors (Lipinski definition) is 1. The van der Waals surface area contributed by atoms with Crippen LogP contribution in [0.25, 0.3) is 0 Å². The van der Waals surface area contributed by atoms with E-state index >= 15 is 0 Å². The van der Waals surface area contributed by atoms with Gasteiger partial charge in [-0.25, -0.2) is 13.1 Å². The third-order valence-electron chi connectivity index (χ3n) is 2.86. The van der Waals surface area contributed by atoms with Gasteiger partial charge in [-0.15, -0.1) is 0 Å². The maximum absolute atomic E-state index is 12.0. The molecule has 98 valence electrons. The zero-order valence-corrected chi connectivity index (χ0v) is 12.3. The number of pyridine rings is 1. The van der Waals surface area contributed by atoms with Gasteiger partial charge in [0.15, 0.2) is 0 Å². The van der Waals surface area contributed by atoms with Crippen molar-refractivity contribution in [3.8, 4) is 0 Å². The second kappa shape index (κ2) is 5.95. The van der Waals surface area contributed by atoms with Crippen molar-refractivity contribution in [2.75, 3.05) is 6.54 Å². The van der Waals surface area contributed by atoms with Gasteiger partial charge in [-0.3, -0.25) is 4.98 Å². The first-order valence-electron chi connectivity index (χ1n) is 5.86. The summed E-state index contributed by atoms with van der Waals surface area (Å²) >= 11 is 3.21. The van der Waals surface area contributed by atoms with Crippen LogP contribution in [0.15, 0.2) is 39.5 Å². The topological polar surface area (TPSA) is 59.1 Å². The van der Waals surface area contributed by atoms with Crippen molar-refractivity contribution in [2.45, 2.75) is 30.6 Å². The highest BCUT2D eigenvalue weighted by molar-refractivity contribution is 9.10. The molecule has 0 saturated heterocycles. The molecule has 0 atom stereocenters. The first-order chi connectivity index (χ1) is 8.58. The van der Waals surface area contributed by atoms with Gasteiger partial charge in [0.2, 0.25) is 10.0 Å². The van der Waals surface area contributed by atoms with Gasteiger partial charge in [-0.2, -0.15) is 0 Å². The highest BCUT2D eigenvalue weighted by atomic mass is 79.9. The molecule has 0 spiro atoms. The lowest BCUT2D eigenvalue weighted by Gasteiger charge is -2.07. The summed E-state index contributed by atoms with van der Waals surface area (Å²) in [5, 5.41) is 0. The third kappa shape index (κ3) is 3.63. The smallest absolute Gasteiger partial charge is 0.242 e. The molecule has 1 aromatic rings. The Morgan fingerprint density at radius 1 is 1.39 bits per heavy atom. The zero-order valence-electron chi connectivity index (χ0n) is 9.89. The molecule has 0 fully saturated rings. The van der Waals surface area contributed by atoms with Gasteiger partial charge in [0, 0.05) is 23.4 Å². The summed E-state index contributed by atoms with van der Waals surface area (Å²) in [6, 6.07) is 1.55. The quantitative estimate of drug-likeness (QED) is 0.844. The molecular formula is C12H15BrN2O2S. The molecule has 2 rings (SSSR count). The van der Waals surface area contributed by atoms with Crippen LogP contribution in [-0.4, -0.2) is 19.9 Å². The highest BCUT2D eigenvalue weighted by Gasteiger charge is 2.14. The zero-order chi connectivity index (χ0) is 13.0. The normalized spacial score (nSPS) is 15.7. The van der Waals surface area contributed by atoms with Crippen molar-refractivity contribution in [3.05, 3.63) is 34.6 Å². The summed E-state index contributed by atoms with van der Waals surface area (Å²) in [5.41, 5.74) is 1.35. The van der Waals surface area contributed by atoms with Crippen molar-refractivity contribution in [1.82, 2.24) is 9.71 Å². The molecule has 0 radical (unpaired) electrons. The summed E-state index contributed by atoms with van der Waals surface area (Å²) < 4.78 is 27.2. The summed E-state index contributed by atoms with van der Waals surface area (Å²) in [5.74, 6) is 0. The minimum absolute atomic E-state index is 0.192. The molecule has 18 heavy (non-hydrogen) atoms. The van der Waals surface area contributed by atoms with Crippen LogP contribution in [0.2, 0.25) is 0 Å². The second-order valence-corrected chi connectivity index (χ2v) is 6.92. The Morgan fingerprint density at radius 3 is 2.89 bits per heavy atom. The van der Waals surface area contributed by atoms with E-state index < -0.39 is 10.0 Å². The van der Waals surface area contributed by atoms with E-state index in [-0.39, 0.29) is 4.90 Å². The molecule has 1 heterocycles. The Kier molecular flexibility index (Phi) is 4.53. The van der Waals surface area contributed by atoms with Crippen molar-refractivity contribution in [1.29, 1.82) is 0 Å². The number of rotatable bonds is 5. The van der Waals surface area contributed by atoms with Gasteiger partial charge in [-0.1, -0.05) is 11.6 Å². The van der Waals surface area contributed by atoms with Gasteiger partial charge in [0.25, 0.3) is 0 Å². The van der Waals surface area contributed by atoms with Crippen LogP contribution in [0.1, 0.15) is 25.7 Å². The van der Waals surface area contributed by atoms with Crippen LogP contribution in [0.4, 0.5) is 0 Å². The van der Waals surface area contributed by atoms with Crippen molar-refractivity contribution in [2.24, 2.45) is 0 Å². The van der Waals surface area contributed by atoms with Crippen molar-refractivity contribution in [3.63, 3.8) is 0 Å². The fraction of sp³-hybridized carbons (Fsp3) is 0.417. The molecule has 0 aromatic carbocycles. The Hall–Kier alpha value is -0.720. The molecule has 0 amide bonds. The van der Waals surface area contributed by atoms with Crippen LogP contribution in [0, 0.1) is 0 Å². The average Bonchev–Trinajstić information content (AvgIpc) is 2.82. The van der Waals surface area contributed by atoms with Crippen molar-refractivity contribution < 1.29 is 8.42 Å². The number of aromatic nitrogens is 1. The van der Waals surface area contributed by atoms with E-state index in [2.05, 4.69) is 31.7 Å². The second-order valence-electron chi connectivity index (χ2n) is 4.24. The lowest BCUT2D eigenvalue weighted by molar-refractivity contribution is 0.580. The van der Waals surface area contributed by atoms with Crippen LogP contribution in [-0.2, 0) is 10.0 Å². The van der Waals surface area contributed by atoms with Crippen molar-refractivity contribution >= 4 is 26.0 Å². The maximum atomic E-state index is 12.0. The Bertz CT molecular complexity index is 555. The molecule has 1 aromatic heterocycles. The maximum Gasteiger partial charge on any atom is 0.242 e. The minimum Gasteiger partial charge on any atom is -0.262 e. The molecule has 0 bridgehead atoms. The lowest BCUT2D eigenvalue weighted by atomic mass is 10.2. The summed E-state index contributed by atoms with van der Waals surface area (Å²) in [4.78, 5) is 4.05. The van der Waals surface area contributed by atoms with Gasteiger partial charge < -0.3 is 0 Å². The third-order valence-corrected chi connectivity index (χ3v) is 4.73. The standard InChI is InChI=1S/C12H15BrN2O2S/c13-11-7-12(9-14-8-11)18(16,17)15-6-5-10-3-1-2-4-10/h3,7-9,15H,1-2,4-6H2. The number of allylic oxidation sites excluding steroid dienone is 1. The summed E-state index contributed by atoms with van der Waals surface area (Å²) in [6.45, 7) is 0.445. The molecule has 1 N–H and O–H groups in total. The highest BCUT2D eigenvalue weighted by Crippen LogP contribution is 2.20. The fourth-order valence-corrected chi connectivity index (χ4v) is 3.47. The predicted molar refractivity (Wildman–Crippen MR) is 73.7 cm³/mol. The van der Waals surface area contributed by atoms with Gasteiger partial charge in [0.05, 0.1) is 0 Å². The fourth-order valence-electron chi connectivity index (χ4n) is 1.93. The lowest BCUT2D eigenvalue weighted by Crippen LogP contribution is -2.25. The van der Waals surface area contributed by atoms with Crippen LogP contribution < -0.4 is 4.72 Å². The molecule has 0 saturated carbocycles. The Morgan fingerprint density at radius 2 is 2.22 bits per heavy atom. The Balaban J connectivity index is 1.95. The van der Waals surface area contributed by atoms with Crippen LogP contribution >= 0.6 is 15.9 Å². The molecule has 0 unspecified atom stereocenters. The van der Waals surface area contributed by atoms with E-state index in [0.717, 1.165) is 19.3 Å². The molecule has 4 nitrogen and oxygen atoms in total. The van der Waals surface area contributed by atoms with Gasteiger partial charge in [0.1, 0.15) is 4.90 Å². The molecule has 1 aliphatic rings. The SMILES string of the molecule is O=S(=O)(NCCC1=CCCC1)c1cncc(Br)c1. The predicted octanol–water partition coefficient (Wildman–Crippen LogP) is 2.62. The molecule has 6 heteroatoms. The van der Waals surface area contributed by atoms with E-state index in [1.54, 1.807) is 12.3 Å². The van der Waals surface area contributed by atoms with E-state index in [0.29, 0.717) is 11.0 Å². The number of halogens is 1. The van der Waals surface area contributed by atoms with Gasteiger partial charge in [-0.05, 0) is 47.7 Å². The number of sulfonamides is 1. The van der Waals surface area contributed by atoms with E-state index in [1.165, 1.54) is 18.2 Å². The summed E-state index contributed by atoms with van der Waals surface area (Å²) in [7, 11) is -3.44. The molecule has 1 aliphatic carbocycles.